The van der Waals surface area contributed by atoms with Gasteiger partial charge < -0.3 is 4.57 Å². The fourth-order valence-corrected chi connectivity index (χ4v) is 2.50. The summed E-state index contributed by atoms with van der Waals surface area (Å²) in [5.74, 6) is 0.741. The summed E-state index contributed by atoms with van der Waals surface area (Å²) in [5, 5.41) is 9.14. The van der Waals surface area contributed by atoms with Gasteiger partial charge in [-0.05, 0) is 40.2 Å². The molecule has 0 spiro atoms. The van der Waals surface area contributed by atoms with E-state index >= 15 is 0 Å². The molecule has 4 nitrogen and oxygen atoms in total. The molecule has 0 radical (unpaired) electrons. The molecule has 0 atom stereocenters. The predicted octanol–water partition coefficient (Wildman–Crippen LogP) is 3.27. The number of para-hydroxylation sites is 1. The van der Waals surface area contributed by atoms with Gasteiger partial charge >= 0.3 is 0 Å². The largest absolute Gasteiger partial charge is 0.326 e. The maximum absolute atomic E-state index is 9.14. The highest BCUT2D eigenvalue weighted by atomic mass is 79.9. The second-order valence-electron chi connectivity index (χ2n) is 4.11. The lowest BCUT2D eigenvalue weighted by molar-refractivity contribution is 0.949. The number of pyridine rings is 1. The minimum Gasteiger partial charge on any atom is -0.326 e. The highest BCUT2D eigenvalue weighted by molar-refractivity contribution is 9.10. The molecule has 0 unspecified atom stereocenters. The van der Waals surface area contributed by atoms with Crippen LogP contribution in [0.4, 0.5) is 0 Å². The van der Waals surface area contributed by atoms with Gasteiger partial charge in [0.05, 0.1) is 11.1 Å². The van der Waals surface area contributed by atoms with E-state index in [0.29, 0.717) is 11.1 Å². The number of nitrogens with zero attached hydrogens (tertiary/aromatic N) is 4. The monoisotopic (exact) mass is 312 g/mol. The number of aryl methyl sites for hydroxylation is 1. The van der Waals surface area contributed by atoms with Crippen LogP contribution in [-0.2, 0) is 7.05 Å². The smallest absolute Gasteiger partial charge is 0.160 e. The molecule has 0 aliphatic heterocycles. The lowest BCUT2D eigenvalue weighted by Crippen LogP contribution is -1.95. The molecule has 0 N–H and O–H groups in total. The van der Waals surface area contributed by atoms with Gasteiger partial charge in [0.2, 0.25) is 0 Å². The number of rotatable bonds is 1. The van der Waals surface area contributed by atoms with Gasteiger partial charge in [-0.1, -0.05) is 6.07 Å². The van der Waals surface area contributed by atoms with E-state index in [4.69, 9.17) is 5.26 Å². The number of imidazole rings is 1. The fourth-order valence-electron chi connectivity index (χ4n) is 2.07. The van der Waals surface area contributed by atoms with Crippen LogP contribution in [-0.4, -0.2) is 14.5 Å². The molecule has 0 aliphatic carbocycles. The molecule has 19 heavy (non-hydrogen) atoms. The number of nitriles is 1. The zero-order valence-corrected chi connectivity index (χ0v) is 11.7. The Labute approximate surface area is 118 Å². The Bertz CT molecular complexity index is 814. The molecule has 3 aromatic rings. The van der Waals surface area contributed by atoms with E-state index < -0.39 is 0 Å². The van der Waals surface area contributed by atoms with Crippen molar-refractivity contribution in [2.24, 2.45) is 7.05 Å². The van der Waals surface area contributed by atoms with Crippen molar-refractivity contribution < 1.29 is 0 Å². The third-order valence-corrected chi connectivity index (χ3v) is 3.64. The molecule has 92 valence electrons. The molecule has 5 heteroatoms. The van der Waals surface area contributed by atoms with E-state index in [1.165, 1.54) is 0 Å². The Balaban J connectivity index is 2.36. The van der Waals surface area contributed by atoms with E-state index in [0.717, 1.165) is 21.5 Å². The quantitative estimate of drug-likeness (QED) is 0.693. The predicted molar refractivity (Wildman–Crippen MR) is 76.4 cm³/mol. The normalized spacial score (nSPS) is 10.6. The first kappa shape index (κ1) is 11.9. The number of aromatic nitrogens is 3. The summed E-state index contributed by atoms with van der Waals surface area (Å²) in [6, 6.07) is 11.5. The third kappa shape index (κ3) is 1.81. The van der Waals surface area contributed by atoms with E-state index in [1.807, 2.05) is 35.9 Å². The molecule has 0 aliphatic rings. The maximum Gasteiger partial charge on any atom is 0.160 e. The number of fused-ring (bicyclic) bond motifs is 1. The minimum absolute atomic E-state index is 0.575. The minimum atomic E-state index is 0.575. The summed E-state index contributed by atoms with van der Waals surface area (Å²) < 4.78 is 2.83. The molecule has 0 fully saturated rings. The lowest BCUT2D eigenvalue weighted by atomic mass is 10.2. The fraction of sp³-hybridized carbons (Fsp3) is 0.0714. The van der Waals surface area contributed by atoms with Crippen LogP contribution in [0.2, 0.25) is 0 Å². The standard InChI is InChI=1S/C14H9BrN4/c1-19-11-6-2-4-9(8-16)12(11)18-14(19)13-10(15)5-3-7-17-13/h2-7H,1H3. The summed E-state index contributed by atoms with van der Waals surface area (Å²) in [7, 11) is 1.92. The Morgan fingerprint density at radius 3 is 2.84 bits per heavy atom. The van der Waals surface area contributed by atoms with Crippen LogP contribution in [0.3, 0.4) is 0 Å². The summed E-state index contributed by atoms with van der Waals surface area (Å²) in [6.07, 6.45) is 1.73. The molecule has 2 aromatic heterocycles. The molecule has 3 rings (SSSR count). The number of hydrogen-bond donors (Lipinski definition) is 0. The number of hydrogen-bond acceptors (Lipinski definition) is 3. The molecule has 0 bridgehead atoms. The van der Waals surface area contributed by atoms with Crippen molar-refractivity contribution in [2.75, 3.05) is 0 Å². The van der Waals surface area contributed by atoms with Crippen LogP contribution in [0.5, 0.6) is 0 Å². The number of benzene rings is 1. The van der Waals surface area contributed by atoms with Crippen molar-refractivity contribution in [1.29, 1.82) is 5.26 Å². The summed E-state index contributed by atoms with van der Waals surface area (Å²) >= 11 is 3.48. The van der Waals surface area contributed by atoms with Gasteiger partial charge in [-0.25, -0.2) is 4.98 Å². The van der Waals surface area contributed by atoms with Crippen LogP contribution in [0.25, 0.3) is 22.6 Å². The van der Waals surface area contributed by atoms with Gasteiger partial charge in [0.25, 0.3) is 0 Å². The Hall–Kier alpha value is -2.19. The van der Waals surface area contributed by atoms with Crippen LogP contribution < -0.4 is 0 Å². The SMILES string of the molecule is Cn1c(-c2ncccc2Br)nc2c(C#N)cccc21. The first-order valence-corrected chi connectivity index (χ1v) is 6.48. The first-order valence-electron chi connectivity index (χ1n) is 5.69. The number of halogens is 1. The Kier molecular flexibility index (Phi) is 2.80. The second kappa shape index (κ2) is 4.48. The second-order valence-corrected chi connectivity index (χ2v) is 4.97. The zero-order chi connectivity index (χ0) is 13.4. The molecule has 2 heterocycles. The average molecular weight is 313 g/mol. The van der Waals surface area contributed by atoms with E-state index in [-0.39, 0.29) is 0 Å². The average Bonchev–Trinajstić information content (AvgIpc) is 2.77. The van der Waals surface area contributed by atoms with Gasteiger partial charge in [-0.2, -0.15) is 5.26 Å². The van der Waals surface area contributed by atoms with Gasteiger partial charge in [-0.15, -0.1) is 0 Å². The van der Waals surface area contributed by atoms with E-state index in [1.54, 1.807) is 12.3 Å². The Morgan fingerprint density at radius 1 is 1.26 bits per heavy atom. The maximum atomic E-state index is 9.14. The van der Waals surface area contributed by atoms with Crippen molar-refractivity contribution >= 4 is 27.0 Å². The summed E-state index contributed by atoms with van der Waals surface area (Å²) in [5.41, 5.74) is 2.98. The lowest BCUT2D eigenvalue weighted by Gasteiger charge is -2.03. The highest BCUT2D eigenvalue weighted by Crippen LogP contribution is 2.28. The van der Waals surface area contributed by atoms with Gasteiger partial charge in [0.1, 0.15) is 17.3 Å². The molecule has 1 aromatic carbocycles. The van der Waals surface area contributed by atoms with Gasteiger partial charge in [-0.3, -0.25) is 4.98 Å². The Morgan fingerprint density at radius 2 is 2.11 bits per heavy atom. The first-order chi connectivity index (χ1) is 9.22. The highest BCUT2D eigenvalue weighted by Gasteiger charge is 2.15. The molecule has 0 amide bonds. The summed E-state index contributed by atoms with van der Waals surface area (Å²) in [6.45, 7) is 0. The molecular weight excluding hydrogens is 304 g/mol. The topological polar surface area (TPSA) is 54.5 Å². The van der Waals surface area contributed by atoms with Gasteiger partial charge in [0.15, 0.2) is 5.82 Å². The van der Waals surface area contributed by atoms with Crippen molar-refractivity contribution in [3.05, 3.63) is 46.6 Å². The van der Waals surface area contributed by atoms with E-state index in [2.05, 4.69) is 32.0 Å². The third-order valence-electron chi connectivity index (χ3n) is 3.00. The van der Waals surface area contributed by atoms with Crippen molar-refractivity contribution in [3.8, 4) is 17.6 Å². The van der Waals surface area contributed by atoms with Crippen LogP contribution in [0.15, 0.2) is 41.0 Å². The summed E-state index contributed by atoms with van der Waals surface area (Å²) in [4.78, 5) is 8.91. The van der Waals surface area contributed by atoms with Crippen LogP contribution >= 0.6 is 15.9 Å². The van der Waals surface area contributed by atoms with Gasteiger partial charge in [0, 0.05) is 17.7 Å². The van der Waals surface area contributed by atoms with Crippen LogP contribution in [0.1, 0.15) is 5.56 Å². The van der Waals surface area contributed by atoms with Crippen molar-refractivity contribution in [3.63, 3.8) is 0 Å². The van der Waals surface area contributed by atoms with Crippen molar-refractivity contribution in [2.45, 2.75) is 0 Å². The molecule has 0 saturated carbocycles. The molecular formula is C14H9BrN4. The van der Waals surface area contributed by atoms with Crippen LogP contribution in [0, 0.1) is 11.3 Å². The zero-order valence-electron chi connectivity index (χ0n) is 10.1. The van der Waals surface area contributed by atoms with Crippen molar-refractivity contribution in [1.82, 2.24) is 14.5 Å². The van der Waals surface area contributed by atoms with E-state index in [9.17, 15) is 0 Å². The molecule has 0 saturated heterocycles.